The number of likely N-dealkylation sites (N-methyl/N-ethyl adjacent to an activating group) is 1. The third-order valence-corrected chi connectivity index (χ3v) is 7.65. The molecule has 3 heterocycles. The van der Waals surface area contributed by atoms with Crippen LogP contribution in [0.2, 0.25) is 0 Å². The average molecular weight is 513 g/mol. The summed E-state index contributed by atoms with van der Waals surface area (Å²) in [4.78, 5) is 58.8. The number of carbonyl (C=O) groups excluding carboxylic acids is 4. The number of nitriles is 1. The lowest BCUT2D eigenvalue weighted by molar-refractivity contribution is -0.147. The maximum atomic E-state index is 14.1. The summed E-state index contributed by atoms with van der Waals surface area (Å²) >= 11 is 0. The van der Waals surface area contributed by atoms with Crippen molar-refractivity contribution in [3.8, 4) is 11.8 Å². The van der Waals surface area contributed by atoms with Crippen LogP contribution in [0.4, 0.5) is 10.2 Å². The Bertz CT molecular complexity index is 1190. The van der Waals surface area contributed by atoms with Crippen LogP contribution in [0.5, 0.6) is 5.75 Å². The van der Waals surface area contributed by atoms with Gasteiger partial charge >= 0.3 is 0 Å². The van der Waals surface area contributed by atoms with Gasteiger partial charge in [-0.1, -0.05) is 12.8 Å². The number of aromatic nitrogens is 1. The number of amides is 4. The second-order valence-electron chi connectivity index (χ2n) is 10.5. The molecule has 4 atom stereocenters. The summed E-state index contributed by atoms with van der Waals surface area (Å²) < 4.78 is 20.1. The van der Waals surface area contributed by atoms with Gasteiger partial charge in [-0.05, 0) is 44.2 Å². The molecule has 1 saturated heterocycles. The molecule has 11 nitrogen and oxygen atoms in total. The van der Waals surface area contributed by atoms with Crippen molar-refractivity contribution in [1.29, 1.82) is 5.26 Å². The smallest absolute Gasteiger partial charge is 0.271 e. The van der Waals surface area contributed by atoms with Crippen LogP contribution in [-0.4, -0.2) is 81.4 Å². The van der Waals surface area contributed by atoms with Crippen molar-refractivity contribution in [3.05, 3.63) is 18.3 Å². The molecule has 2 aliphatic carbocycles. The Morgan fingerprint density at radius 2 is 2.14 bits per heavy atom. The number of alkyl halides is 1. The number of hydrogen-bond acceptors (Lipinski definition) is 7. The summed E-state index contributed by atoms with van der Waals surface area (Å²) in [6, 6.07) is 2.52. The maximum Gasteiger partial charge on any atom is 0.271 e. The minimum atomic E-state index is -1.92. The summed E-state index contributed by atoms with van der Waals surface area (Å²) in [7, 11) is 1.47. The number of fused-ring (bicyclic) bond motifs is 1. The van der Waals surface area contributed by atoms with Gasteiger partial charge in [0.05, 0.1) is 12.6 Å². The molecule has 4 amide bonds. The molecular weight excluding hydrogens is 483 g/mol. The highest BCUT2D eigenvalue weighted by molar-refractivity contribution is 6.01. The number of rotatable bonds is 7. The van der Waals surface area contributed by atoms with Crippen LogP contribution in [0.3, 0.4) is 0 Å². The Kier molecular flexibility index (Phi) is 6.04. The predicted octanol–water partition coefficient (Wildman–Crippen LogP) is 0.910. The Morgan fingerprint density at radius 1 is 1.41 bits per heavy atom. The zero-order valence-corrected chi connectivity index (χ0v) is 20.7. The van der Waals surface area contributed by atoms with Gasteiger partial charge in [-0.3, -0.25) is 19.2 Å². The van der Waals surface area contributed by atoms with E-state index in [1.165, 1.54) is 30.0 Å². The normalized spacial score (nSPS) is 26.7. The SMILES string of the molecule is CC(NC(=O)C1(F)CC1)C(=O)N(C)C(CC1CC1)C(=O)N1CC2(CC1C#N)Oc1cccnc1NC2=O. The zero-order chi connectivity index (χ0) is 26.5. The Morgan fingerprint density at radius 3 is 2.78 bits per heavy atom. The summed E-state index contributed by atoms with van der Waals surface area (Å²) in [5.41, 5.74) is -3.38. The lowest BCUT2D eigenvalue weighted by atomic mass is 9.97. The fourth-order valence-corrected chi connectivity index (χ4v) is 4.97. The number of carbonyl (C=O) groups is 4. The van der Waals surface area contributed by atoms with Crippen LogP contribution >= 0.6 is 0 Å². The molecule has 3 fully saturated rings. The molecule has 4 aliphatic rings. The number of nitrogens with one attached hydrogen (secondary N) is 2. The first kappa shape index (κ1) is 24.9. The van der Waals surface area contributed by atoms with Gasteiger partial charge in [-0.15, -0.1) is 0 Å². The van der Waals surface area contributed by atoms with Crippen LogP contribution in [0, 0.1) is 17.2 Å². The van der Waals surface area contributed by atoms with E-state index in [1.807, 2.05) is 0 Å². The van der Waals surface area contributed by atoms with Crippen LogP contribution < -0.4 is 15.4 Å². The molecule has 1 aromatic heterocycles. The molecule has 0 radical (unpaired) electrons. The number of nitrogens with zero attached hydrogens (tertiary/aromatic N) is 4. The fourth-order valence-electron chi connectivity index (χ4n) is 4.97. The second-order valence-corrected chi connectivity index (χ2v) is 10.5. The molecule has 2 N–H and O–H groups in total. The molecule has 2 saturated carbocycles. The zero-order valence-electron chi connectivity index (χ0n) is 20.7. The van der Waals surface area contributed by atoms with Crippen LogP contribution in [-0.2, 0) is 19.2 Å². The van der Waals surface area contributed by atoms with Gasteiger partial charge in [0.1, 0.15) is 18.1 Å². The van der Waals surface area contributed by atoms with Crippen molar-refractivity contribution < 1.29 is 28.3 Å². The lowest BCUT2D eigenvalue weighted by Gasteiger charge is -2.35. The van der Waals surface area contributed by atoms with Crippen molar-refractivity contribution in [1.82, 2.24) is 20.1 Å². The van der Waals surface area contributed by atoms with E-state index in [1.54, 1.807) is 12.1 Å². The highest BCUT2D eigenvalue weighted by atomic mass is 19.1. The van der Waals surface area contributed by atoms with Crippen LogP contribution in [0.15, 0.2) is 18.3 Å². The third kappa shape index (κ3) is 4.58. The summed E-state index contributed by atoms with van der Waals surface area (Å²) in [6.45, 7) is 1.29. The van der Waals surface area contributed by atoms with E-state index in [9.17, 15) is 28.8 Å². The second kappa shape index (κ2) is 8.97. The molecule has 0 bridgehead atoms. The van der Waals surface area contributed by atoms with Crippen LogP contribution in [0.25, 0.3) is 0 Å². The van der Waals surface area contributed by atoms with E-state index in [0.717, 1.165) is 12.8 Å². The lowest BCUT2D eigenvalue weighted by Crippen LogP contribution is -2.57. The average Bonchev–Trinajstić information content (AvgIpc) is 3.81. The van der Waals surface area contributed by atoms with Crippen LogP contribution in [0.1, 0.15) is 45.4 Å². The monoisotopic (exact) mass is 512 g/mol. The molecule has 0 aromatic carbocycles. The Labute approximate surface area is 213 Å². The number of halogens is 1. The van der Waals surface area contributed by atoms with Crippen molar-refractivity contribution in [2.24, 2.45) is 5.92 Å². The standard InChI is InChI=1S/C25H29FN6O5/c1-14(29-22(35)24(26)7-8-24)20(33)31(2)17(10-15-5-6-15)21(34)32-13-25(11-16(32)12-27)23(36)30-19-18(37-25)4-3-9-28-19/h3-4,9,14-17H,5-8,10-11,13H2,1-2H3,(H,29,35)(H,28,30,36). The molecule has 1 aromatic rings. The van der Waals surface area contributed by atoms with E-state index in [4.69, 9.17) is 4.74 Å². The van der Waals surface area contributed by atoms with E-state index in [0.29, 0.717) is 12.2 Å². The van der Waals surface area contributed by atoms with E-state index < -0.39 is 53.0 Å². The van der Waals surface area contributed by atoms with Crippen molar-refractivity contribution in [2.45, 2.75) is 74.8 Å². The predicted molar refractivity (Wildman–Crippen MR) is 127 cm³/mol. The largest absolute Gasteiger partial charge is 0.472 e. The van der Waals surface area contributed by atoms with Gasteiger partial charge in [-0.25, -0.2) is 9.37 Å². The number of likely N-dealkylation sites (tertiary alicyclic amines) is 1. The summed E-state index contributed by atoms with van der Waals surface area (Å²) in [5.74, 6) is -1.46. The number of hydrogen-bond donors (Lipinski definition) is 2. The molecule has 12 heteroatoms. The molecule has 37 heavy (non-hydrogen) atoms. The Hall–Kier alpha value is -3.75. The topological polar surface area (TPSA) is 145 Å². The minimum Gasteiger partial charge on any atom is -0.472 e. The number of pyridine rings is 1. The minimum absolute atomic E-state index is 0.0335. The number of anilines is 1. The molecule has 5 rings (SSSR count). The summed E-state index contributed by atoms with van der Waals surface area (Å²) in [5, 5.41) is 15.0. The van der Waals surface area contributed by atoms with Gasteiger partial charge in [0.25, 0.3) is 11.8 Å². The van der Waals surface area contributed by atoms with E-state index >= 15 is 0 Å². The molecule has 4 unspecified atom stereocenters. The van der Waals surface area contributed by atoms with Gasteiger partial charge in [0.2, 0.25) is 17.4 Å². The fraction of sp³-hybridized carbons (Fsp3) is 0.600. The van der Waals surface area contributed by atoms with Gasteiger partial charge in [0, 0.05) is 19.7 Å². The molecular formula is C25H29FN6O5. The quantitative estimate of drug-likeness (QED) is 0.552. The Balaban J connectivity index is 1.34. The van der Waals surface area contributed by atoms with Gasteiger partial charge < -0.3 is 25.2 Å². The molecule has 1 spiro atoms. The first-order valence-corrected chi connectivity index (χ1v) is 12.5. The summed E-state index contributed by atoms with van der Waals surface area (Å²) in [6.07, 6.45) is 3.96. The van der Waals surface area contributed by atoms with E-state index in [2.05, 4.69) is 21.7 Å². The van der Waals surface area contributed by atoms with E-state index in [-0.39, 0.29) is 37.5 Å². The number of ether oxygens (including phenoxy) is 1. The first-order valence-electron chi connectivity index (χ1n) is 12.5. The molecule has 2 aliphatic heterocycles. The maximum absolute atomic E-state index is 14.1. The van der Waals surface area contributed by atoms with Crippen molar-refractivity contribution in [3.63, 3.8) is 0 Å². The van der Waals surface area contributed by atoms with Gasteiger partial charge in [-0.2, -0.15) is 5.26 Å². The third-order valence-electron chi connectivity index (χ3n) is 7.65. The van der Waals surface area contributed by atoms with Gasteiger partial charge in [0.15, 0.2) is 17.2 Å². The van der Waals surface area contributed by atoms with Crippen molar-refractivity contribution >= 4 is 29.4 Å². The first-order chi connectivity index (χ1) is 17.6. The highest BCUT2D eigenvalue weighted by Crippen LogP contribution is 2.41. The highest BCUT2D eigenvalue weighted by Gasteiger charge is 2.57. The molecule has 196 valence electrons. The van der Waals surface area contributed by atoms with Crippen molar-refractivity contribution in [2.75, 3.05) is 18.9 Å².